The Labute approximate surface area is 207 Å². The zero-order valence-corrected chi connectivity index (χ0v) is 22.2. The molecule has 4 aromatic rings. The van der Waals surface area contributed by atoms with Crippen LogP contribution in [0.15, 0.2) is 60.7 Å². The highest BCUT2D eigenvalue weighted by Crippen LogP contribution is 2.39. The van der Waals surface area contributed by atoms with Crippen molar-refractivity contribution in [2.24, 2.45) is 11.8 Å². The highest BCUT2D eigenvalue weighted by atomic mass is 14.2. The number of fused-ring (bicyclic) bond motifs is 2. The van der Waals surface area contributed by atoms with Crippen LogP contribution >= 0.6 is 0 Å². The van der Waals surface area contributed by atoms with Gasteiger partial charge in [-0.3, -0.25) is 0 Å². The number of aryl methyl sites for hydroxylation is 4. The first-order valence-electron chi connectivity index (χ1n) is 13.5. The van der Waals surface area contributed by atoms with E-state index in [9.17, 15) is 0 Å². The molecule has 2 unspecified atom stereocenters. The molecule has 0 radical (unpaired) electrons. The van der Waals surface area contributed by atoms with Gasteiger partial charge in [-0.15, -0.1) is 0 Å². The van der Waals surface area contributed by atoms with Crippen molar-refractivity contribution in [2.45, 2.75) is 80.1 Å². The Hall–Kier alpha value is -2.60. The SMILES string of the molecule is CCC(C)CCc1ccc2c(-c3c(C)ccc4cc(CCC(C)CC)ccc34)c(C)ccc2c1. The van der Waals surface area contributed by atoms with Crippen molar-refractivity contribution in [1.82, 2.24) is 0 Å². The molecule has 0 fully saturated rings. The largest absolute Gasteiger partial charge is 0.0651 e. The Balaban J connectivity index is 1.78. The molecule has 2 atom stereocenters. The molecule has 0 N–H and O–H groups in total. The van der Waals surface area contributed by atoms with E-state index in [-0.39, 0.29) is 0 Å². The molecular weight excluding hydrogens is 408 g/mol. The lowest BCUT2D eigenvalue weighted by Crippen LogP contribution is -1.97. The molecule has 0 amide bonds. The third-order valence-electron chi connectivity index (χ3n) is 8.08. The van der Waals surface area contributed by atoms with E-state index in [2.05, 4.69) is 102 Å². The van der Waals surface area contributed by atoms with E-state index in [1.54, 1.807) is 0 Å². The van der Waals surface area contributed by atoms with Crippen LogP contribution in [0.3, 0.4) is 0 Å². The Morgan fingerprint density at radius 1 is 0.559 bits per heavy atom. The van der Waals surface area contributed by atoms with Crippen molar-refractivity contribution in [2.75, 3.05) is 0 Å². The molecule has 0 aliphatic carbocycles. The summed E-state index contributed by atoms with van der Waals surface area (Å²) in [6, 6.07) is 23.6. The minimum absolute atomic E-state index is 0.790. The summed E-state index contributed by atoms with van der Waals surface area (Å²) >= 11 is 0. The van der Waals surface area contributed by atoms with Crippen LogP contribution in [0.1, 0.15) is 75.6 Å². The molecule has 0 nitrogen and oxygen atoms in total. The van der Waals surface area contributed by atoms with Crippen LogP contribution in [-0.4, -0.2) is 0 Å². The van der Waals surface area contributed by atoms with Crippen molar-refractivity contribution < 1.29 is 0 Å². The second kappa shape index (κ2) is 10.8. The number of hydrogen-bond acceptors (Lipinski definition) is 0. The van der Waals surface area contributed by atoms with Gasteiger partial charge in [0.25, 0.3) is 0 Å². The summed E-state index contributed by atoms with van der Waals surface area (Å²) in [5.74, 6) is 1.58. The highest BCUT2D eigenvalue weighted by Gasteiger charge is 2.14. The Bertz CT molecular complexity index is 1180. The Morgan fingerprint density at radius 2 is 0.971 bits per heavy atom. The van der Waals surface area contributed by atoms with Crippen molar-refractivity contribution in [3.63, 3.8) is 0 Å². The smallest absolute Gasteiger partial charge is 0.00672 e. The van der Waals surface area contributed by atoms with E-state index in [0.29, 0.717) is 0 Å². The highest BCUT2D eigenvalue weighted by molar-refractivity contribution is 6.07. The lowest BCUT2D eigenvalue weighted by atomic mass is 9.86. The van der Waals surface area contributed by atoms with Gasteiger partial charge in [-0.25, -0.2) is 0 Å². The number of hydrogen-bond donors (Lipinski definition) is 0. The minimum Gasteiger partial charge on any atom is -0.0651 e. The second-order valence-electron chi connectivity index (χ2n) is 10.7. The summed E-state index contributed by atoms with van der Waals surface area (Å²) in [6.07, 6.45) is 7.39. The molecule has 0 heterocycles. The van der Waals surface area contributed by atoms with Gasteiger partial charge in [0.05, 0.1) is 0 Å². The van der Waals surface area contributed by atoms with E-state index >= 15 is 0 Å². The fourth-order valence-corrected chi connectivity index (χ4v) is 5.19. The third kappa shape index (κ3) is 5.22. The molecule has 0 bridgehead atoms. The Morgan fingerprint density at radius 3 is 1.35 bits per heavy atom. The number of rotatable bonds is 9. The van der Waals surface area contributed by atoms with E-state index in [0.717, 1.165) is 11.8 Å². The zero-order chi connectivity index (χ0) is 24.2. The van der Waals surface area contributed by atoms with Crippen molar-refractivity contribution in [3.05, 3.63) is 82.9 Å². The fourth-order valence-electron chi connectivity index (χ4n) is 5.19. The molecule has 0 aromatic heterocycles. The Kier molecular flexibility index (Phi) is 7.77. The van der Waals surface area contributed by atoms with E-state index < -0.39 is 0 Å². The van der Waals surface area contributed by atoms with Crippen molar-refractivity contribution in [3.8, 4) is 11.1 Å². The maximum Gasteiger partial charge on any atom is -0.00672 e. The van der Waals surface area contributed by atoms with Crippen molar-refractivity contribution in [1.29, 1.82) is 0 Å². The minimum atomic E-state index is 0.790. The molecule has 0 aliphatic rings. The molecular formula is C34H42. The van der Waals surface area contributed by atoms with Crippen LogP contribution in [0.4, 0.5) is 0 Å². The van der Waals surface area contributed by atoms with Crippen LogP contribution < -0.4 is 0 Å². The predicted octanol–water partition coefficient (Wildman–Crippen LogP) is 10.2. The molecule has 0 heteroatoms. The maximum absolute atomic E-state index is 2.42. The van der Waals surface area contributed by atoms with Gasteiger partial charge in [0, 0.05) is 0 Å². The van der Waals surface area contributed by atoms with Gasteiger partial charge in [0.15, 0.2) is 0 Å². The van der Waals surface area contributed by atoms with Crippen LogP contribution in [-0.2, 0) is 12.8 Å². The van der Waals surface area contributed by atoms with Gasteiger partial charge in [0.2, 0.25) is 0 Å². The van der Waals surface area contributed by atoms with Gasteiger partial charge >= 0.3 is 0 Å². The van der Waals surface area contributed by atoms with Gasteiger partial charge in [0.1, 0.15) is 0 Å². The first kappa shape index (κ1) is 24.5. The fraction of sp³-hybridized carbons (Fsp3) is 0.412. The monoisotopic (exact) mass is 450 g/mol. The van der Waals surface area contributed by atoms with E-state index in [4.69, 9.17) is 0 Å². The average molecular weight is 451 g/mol. The second-order valence-corrected chi connectivity index (χ2v) is 10.7. The molecule has 0 saturated heterocycles. The molecule has 0 aliphatic heterocycles. The van der Waals surface area contributed by atoms with Crippen LogP contribution in [0, 0.1) is 25.7 Å². The first-order chi connectivity index (χ1) is 16.4. The maximum atomic E-state index is 2.42. The molecule has 0 spiro atoms. The van der Waals surface area contributed by atoms with Crippen molar-refractivity contribution >= 4 is 21.5 Å². The molecule has 4 rings (SSSR count). The normalized spacial score (nSPS) is 13.5. The molecule has 4 aromatic carbocycles. The standard InChI is InChI=1S/C34H42/c1-7-23(3)9-13-27-15-19-31-29(21-27)17-11-25(5)33(31)34-26(6)12-18-30-22-28(16-20-32(30)34)14-10-24(4)8-2/h11-12,15-24H,7-10,13-14H2,1-6H3. The van der Waals surface area contributed by atoms with E-state index in [1.165, 1.54) is 93.5 Å². The molecule has 34 heavy (non-hydrogen) atoms. The van der Waals surface area contributed by atoms with Gasteiger partial charge in [-0.1, -0.05) is 101 Å². The topological polar surface area (TPSA) is 0 Å². The average Bonchev–Trinajstić information content (AvgIpc) is 2.86. The lowest BCUT2D eigenvalue weighted by Gasteiger charge is -2.18. The van der Waals surface area contributed by atoms with Gasteiger partial charge in [-0.2, -0.15) is 0 Å². The quantitative estimate of drug-likeness (QED) is 0.238. The zero-order valence-electron chi connectivity index (χ0n) is 22.2. The summed E-state index contributed by atoms with van der Waals surface area (Å²) < 4.78 is 0. The molecule has 0 saturated carbocycles. The first-order valence-corrected chi connectivity index (χ1v) is 13.5. The van der Waals surface area contributed by atoms with E-state index in [1.807, 2.05) is 0 Å². The summed E-state index contributed by atoms with van der Waals surface area (Å²) in [4.78, 5) is 0. The lowest BCUT2D eigenvalue weighted by molar-refractivity contribution is 0.516. The number of benzene rings is 4. The van der Waals surface area contributed by atoms with Crippen LogP contribution in [0.25, 0.3) is 32.7 Å². The van der Waals surface area contributed by atoms with Gasteiger partial charge < -0.3 is 0 Å². The summed E-state index contributed by atoms with van der Waals surface area (Å²) in [6.45, 7) is 13.8. The third-order valence-corrected chi connectivity index (χ3v) is 8.08. The van der Waals surface area contributed by atoms with Gasteiger partial charge in [-0.05, 0) is 106 Å². The molecule has 178 valence electrons. The summed E-state index contributed by atoms with van der Waals surface area (Å²) in [5, 5.41) is 5.49. The summed E-state index contributed by atoms with van der Waals surface area (Å²) in [5.41, 5.74) is 8.45. The predicted molar refractivity (Wildman–Crippen MR) is 152 cm³/mol. The van der Waals surface area contributed by atoms with Crippen LogP contribution in [0.5, 0.6) is 0 Å². The summed E-state index contributed by atoms with van der Waals surface area (Å²) in [7, 11) is 0. The van der Waals surface area contributed by atoms with Crippen LogP contribution in [0.2, 0.25) is 0 Å².